The van der Waals surface area contributed by atoms with Gasteiger partial charge in [0, 0.05) is 37.7 Å². The van der Waals surface area contributed by atoms with Gasteiger partial charge in [-0.3, -0.25) is 9.69 Å². The van der Waals surface area contributed by atoms with Gasteiger partial charge in [-0.1, -0.05) is 42.5 Å². The van der Waals surface area contributed by atoms with E-state index in [-0.39, 0.29) is 11.9 Å². The zero-order valence-electron chi connectivity index (χ0n) is 22.5. The second-order valence-corrected chi connectivity index (χ2v) is 10.3. The van der Waals surface area contributed by atoms with Crippen molar-refractivity contribution in [3.05, 3.63) is 107 Å². The van der Waals surface area contributed by atoms with E-state index in [0.717, 1.165) is 56.0 Å². The summed E-state index contributed by atoms with van der Waals surface area (Å²) in [5.41, 5.74) is 6.35. The van der Waals surface area contributed by atoms with E-state index in [1.54, 1.807) is 14.2 Å². The lowest BCUT2D eigenvalue weighted by Crippen LogP contribution is -2.34. The van der Waals surface area contributed by atoms with Gasteiger partial charge in [-0.15, -0.1) is 0 Å². The molecule has 39 heavy (non-hydrogen) atoms. The van der Waals surface area contributed by atoms with Gasteiger partial charge >= 0.3 is 0 Å². The van der Waals surface area contributed by atoms with Crippen LogP contribution in [0.5, 0.6) is 11.5 Å². The van der Waals surface area contributed by atoms with Gasteiger partial charge in [0.15, 0.2) is 0 Å². The average Bonchev–Trinajstić information content (AvgIpc) is 3.77. The number of hydrogen-bond donors (Lipinski definition) is 0. The Morgan fingerprint density at radius 3 is 2.41 bits per heavy atom. The second kappa shape index (κ2) is 10.9. The molecule has 0 unspecified atom stereocenters. The number of amides is 1. The fraction of sp³-hybridized carbons (Fsp3) is 0.312. The Kier molecular flexibility index (Phi) is 7.07. The van der Waals surface area contributed by atoms with E-state index in [2.05, 4.69) is 33.8 Å². The molecule has 0 radical (unpaired) electrons. The van der Waals surface area contributed by atoms with Gasteiger partial charge in [0.1, 0.15) is 11.5 Å². The van der Waals surface area contributed by atoms with Gasteiger partial charge in [0.05, 0.1) is 43.4 Å². The molecule has 200 valence electrons. The van der Waals surface area contributed by atoms with E-state index in [4.69, 9.17) is 14.6 Å². The molecule has 2 heterocycles. The third-order valence-electron chi connectivity index (χ3n) is 7.69. The van der Waals surface area contributed by atoms with Crippen molar-refractivity contribution in [3.63, 3.8) is 0 Å². The quantitative estimate of drug-likeness (QED) is 0.300. The van der Waals surface area contributed by atoms with Gasteiger partial charge < -0.3 is 14.4 Å². The predicted molar refractivity (Wildman–Crippen MR) is 150 cm³/mol. The van der Waals surface area contributed by atoms with E-state index in [1.165, 1.54) is 16.8 Å². The summed E-state index contributed by atoms with van der Waals surface area (Å²) in [6.45, 7) is 3.08. The van der Waals surface area contributed by atoms with Crippen molar-refractivity contribution in [2.24, 2.45) is 0 Å². The zero-order chi connectivity index (χ0) is 26.8. The summed E-state index contributed by atoms with van der Waals surface area (Å²) in [4.78, 5) is 18.3. The van der Waals surface area contributed by atoms with E-state index >= 15 is 0 Å². The number of ether oxygens (including phenoxy) is 2. The minimum absolute atomic E-state index is 0.00357. The maximum Gasteiger partial charge on any atom is 0.258 e. The monoisotopic (exact) mass is 522 g/mol. The fourth-order valence-electron chi connectivity index (χ4n) is 5.47. The van der Waals surface area contributed by atoms with Crippen LogP contribution in [0.2, 0.25) is 0 Å². The standard InChI is InChI=1S/C32H34N4O3/c1-38-26-16-12-23(13-17-26)20-34-19-18-30-28(21-34)29(33-36(30)25-8-4-3-5-9-25)22-35(24-14-15-24)32(37)27-10-6-7-11-31(27)39-2/h3-13,16-17,24H,14-15,18-22H2,1-2H3. The van der Waals surface area contributed by atoms with Gasteiger partial charge in [-0.25, -0.2) is 4.68 Å². The van der Waals surface area contributed by atoms with Gasteiger partial charge in [-0.2, -0.15) is 5.10 Å². The van der Waals surface area contributed by atoms with Gasteiger partial charge in [0.25, 0.3) is 5.91 Å². The largest absolute Gasteiger partial charge is 0.497 e. The smallest absolute Gasteiger partial charge is 0.258 e. The van der Waals surface area contributed by atoms with Crippen LogP contribution in [0.4, 0.5) is 0 Å². The number of rotatable bonds is 9. The first-order valence-corrected chi connectivity index (χ1v) is 13.6. The number of carbonyl (C=O) groups is 1. The summed E-state index contributed by atoms with van der Waals surface area (Å²) in [7, 11) is 3.31. The van der Waals surface area contributed by atoms with Crippen LogP contribution in [0.1, 0.15) is 45.7 Å². The minimum Gasteiger partial charge on any atom is -0.497 e. The molecule has 1 amide bonds. The van der Waals surface area contributed by atoms with Crippen LogP contribution in [0.15, 0.2) is 78.9 Å². The number of nitrogens with zero attached hydrogens (tertiary/aromatic N) is 4. The molecule has 3 aromatic carbocycles. The summed E-state index contributed by atoms with van der Waals surface area (Å²) in [6, 6.07) is 26.3. The van der Waals surface area contributed by atoms with Crippen molar-refractivity contribution >= 4 is 5.91 Å². The summed E-state index contributed by atoms with van der Waals surface area (Å²) >= 11 is 0. The molecule has 6 rings (SSSR count). The van der Waals surface area contributed by atoms with Crippen LogP contribution in [0.3, 0.4) is 0 Å². The first kappa shape index (κ1) is 25.2. The third kappa shape index (κ3) is 5.27. The minimum atomic E-state index is 0.00357. The molecule has 0 atom stereocenters. The maximum atomic E-state index is 13.8. The topological polar surface area (TPSA) is 59.8 Å². The van der Waals surface area contributed by atoms with Gasteiger partial charge in [0.2, 0.25) is 0 Å². The van der Waals surface area contributed by atoms with Crippen LogP contribution in [0, 0.1) is 0 Å². The van der Waals surface area contributed by atoms with E-state index in [9.17, 15) is 4.79 Å². The highest BCUT2D eigenvalue weighted by atomic mass is 16.5. The van der Waals surface area contributed by atoms with Crippen molar-refractivity contribution in [3.8, 4) is 17.2 Å². The molecule has 0 N–H and O–H groups in total. The van der Waals surface area contributed by atoms with Crippen molar-refractivity contribution in [2.45, 2.75) is 44.9 Å². The summed E-state index contributed by atoms with van der Waals surface area (Å²) < 4.78 is 12.9. The number of hydrogen-bond acceptors (Lipinski definition) is 5. The Labute approximate surface area is 229 Å². The predicted octanol–water partition coefficient (Wildman–Crippen LogP) is 5.25. The number of methoxy groups -OCH3 is 2. The highest BCUT2D eigenvalue weighted by Crippen LogP contribution is 2.34. The average molecular weight is 523 g/mol. The summed E-state index contributed by atoms with van der Waals surface area (Å²) in [5.74, 6) is 1.48. The molecule has 4 aromatic rings. The Bertz CT molecular complexity index is 1440. The highest BCUT2D eigenvalue weighted by Gasteiger charge is 2.36. The second-order valence-electron chi connectivity index (χ2n) is 10.3. The molecule has 1 aliphatic heterocycles. The van der Waals surface area contributed by atoms with Crippen molar-refractivity contribution in [2.75, 3.05) is 20.8 Å². The molecule has 1 aromatic heterocycles. The van der Waals surface area contributed by atoms with E-state index in [1.807, 2.05) is 59.5 Å². The van der Waals surface area contributed by atoms with Gasteiger partial charge in [-0.05, 0) is 54.8 Å². The molecule has 0 saturated heterocycles. The molecule has 7 heteroatoms. The first-order valence-electron chi connectivity index (χ1n) is 13.6. The van der Waals surface area contributed by atoms with Crippen molar-refractivity contribution in [1.29, 1.82) is 0 Å². The number of para-hydroxylation sites is 2. The number of carbonyl (C=O) groups excluding carboxylic acids is 1. The number of benzene rings is 3. The van der Waals surface area contributed by atoms with Crippen LogP contribution in [-0.2, 0) is 26.1 Å². The molecule has 7 nitrogen and oxygen atoms in total. The molecule has 0 bridgehead atoms. The Morgan fingerprint density at radius 1 is 0.949 bits per heavy atom. The maximum absolute atomic E-state index is 13.8. The molecular formula is C32H34N4O3. The van der Waals surface area contributed by atoms with Crippen molar-refractivity contribution < 1.29 is 14.3 Å². The first-order chi connectivity index (χ1) is 19.1. The lowest BCUT2D eigenvalue weighted by atomic mass is 10.0. The van der Waals surface area contributed by atoms with Crippen LogP contribution >= 0.6 is 0 Å². The zero-order valence-corrected chi connectivity index (χ0v) is 22.5. The fourth-order valence-corrected chi connectivity index (χ4v) is 5.47. The van der Waals surface area contributed by atoms with Crippen LogP contribution < -0.4 is 9.47 Å². The lowest BCUT2D eigenvalue weighted by molar-refractivity contribution is 0.0723. The van der Waals surface area contributed by atoms with Crippen LogP contribution in [-0.4, -0.2) is 52.3 Å². The summed E-state index contributed by atoms with van der Waals surface area (Å²) in [6.07, 6.45) is 2.94. The Hall–Kier alpha value is -4.10. The lowest BCUT2D eigenvalue weighted by Gasteiger charge is -2.29. The normalized spacial score (nSPS) is 15.0. The summed E-state index contributed by atoms with van der Waals surface area (Å²) in [5, 5.41) is 5.14. The SMILES string of the molecule is COc1ccc(CN2CCc3c(c(CN(C(=O)c4ccccc4OC)C4CC4)nn3-c3ccccc3)C2)cc1. The van der Waals surface area contributed by atoms with E-state index in [0.29, 0.717) is 17.9 Å². The molecule has 1 fully saturated rings. The molecule has 1 saturated carbocycles. The molecular weight excluding hydrogens is 488 g/mol. The third-order valence-corrected chi connectivity index (χ3v) is 7.69. The van der Waals surface area contributed by atoms with E-state index < -0.39 is 0 Å². The number of fused-ring (bicyclic) bond motifs is 1. The Morgan fingerprint density at radius 2 is 1.69 bits per heavy atom. The molecule has 2 aliphatic rings. The highest BCUT2D eigenvalue weighted by molar-refractivity contribution is 5.97. The van der Waals surface area contributed by atoms with Crippen molar-refractivity contribution in [1.82, 2.24) is 19.6 Å². The number of aromatic nitrogens is 2. The molecule has 1 aliphatic carbocycles. The molecule has 0 spiro atoms. The Balaban J connectivity index is 1.32. The van der Waals surface area contributed by atoms with Crippen LogP contribution in [0.25, 0.3) is 5.69 Å².